The third-order valence-corrected chi connectivity index (χ3v) is 6.85. The number of amides is 1. The Morgan fingerprint density at radius 3 is 2.33 bits per heavy atom. The lowest BCUT2D eigenvalue weighted by atomic mass is 9.94. The number of furan rings is 1. The number of aliphatic hydroxyl groups excluding tert-OH is 1. The van der Waals surface area contributed by atoms with Gasteiger partial charge in [0, 0.05) is 11.9 Å². The molecule has 1 aromatic heterocycles. The van der Waals surface area contributed by atoms with E-state index in [0.717, 1.165) is 5.56 Å². The second-order valence-corrected chi connectivity index (χ2v) is 9.39. The van der Waals surface area contributed by atoms with Crippen molar-refractivity contribution in [2.24, 2.45) is 0 Å². The summed E-state index contributed by atoms with van der Waals surface area (Å²) in [6.45, 7) is 0.183. The van der Waals surface area contributed by atoms with Crippen LogP contribution in [0.5, 0.6) is 17.2 Å². The van der Waals surface area contributed by atoms with Crippen molar-refractivity contribution in [1.29, 1.82) is 0 Å². The predicted molar refractivity (Wildman–Crippen MR) is 149 cm³/mol. The van der Waals surface area contributed by atoms with Crippen molar-refractivity contribution >= 4 is 22.7 Å². The molecule has 0 saturated carbocycles. The minimum Gasteiger partial charge on any atom is -0.503 e. The quantitative estimate of drug-likeness (QED) is 0.217. The molecule has 4 aromatic carbocycles. The van der Waals surface area contributed by atoms with Crippen molar-refractivity contribution in [3.05, 3.63) is 137 Å². The fraction of sp³-hybridized carbons (Fsp3) is 0.0909. The van der Waals surface area contributed by atoms with Crippen LogP contribution in [0.25, 0.3) is 11.0 Å². The van der Waals surface area contributed by atoms with Crippen molar-refractivity contribution in [2.45, 2.75) is 12.6 Å². The molecular weight excluding hydrogens is 506 g/mol. The van der Waals surface area contributed by atoms with Crippen molar-refractivity contribution < 1.29 is 28.6 Å². The zero-order valence-electron chi connectivity index (χ0n) is 21.6. The highest BCUT2D eigenvalue weighted by Gasteiger charge is 2.44. The summed E-state index contributed by atoms with van der Waals surface area (Å²) >= 11 is 0. The topological polar surface area (TPSA) is 89.2 Å². The summed E-state index contributed by atoms with van der Waals surface area (Å²) in [4.78, 5) is 28.9. The maximum absolute atomic E-state index is 14.0. The molecule has 7 heteroatoms. The summed E-state index contributed by atoms with van der Waals surface area (Å²) in [7, 11) is 1.52. The third kappa shape index (κ3) is 4.58. The fourth-order valence-corrected chi connectivity index (χ4v) is 4.99. The number of hydrogen-bond acceptors (Lipinski definition) is 6. The Kier molecular flexibility index (Phi) is 6.54. The first-order chi connectivity index (χ1) is 19.5. The molecule has 40 heavy (non-hydrogen) atoms. The first-order valence-electron chi connectivity index (χ1n) is 12.8. The van der Waals surface area contributed by atoms with Gasteiger partial charge >= 0.3 is 0 Å². The zero-order valence-corrected chi connectivity index (χ0v) is 21.6. The SMILES string of the molecule is COc1cccc2cc(C(=O)C3=C(O)C(=O)N(Cc4ccccc4)C3c3cccc(Oc4ccccc4)c3)oc12. The molecule has 0 radical (unpaired) electrons. The Hall–Kier alpha value is -5.30. The lowest BCUT2D eigenvalue weighted by molar-refractivity contribution is -0.130. The molecule has 0 bridgehead atoms. The molecule has 5 aromatic rings. The van der Waals surface area contributed by atoms with Crippen LogP contribution in [0.3, 0.4) is 0 Å². The molecule has 1 aliphatic rings. The Balaban J connectivity index is 1.43. The summed E-state index contributed by atoms with van der Waals surface area (Å²) in [5.41, 5.74) is 1.82. The second kappa shape index (κ2) is 10.5. The summed E-state index contributed by atoms with van der Waals surface area (Å²) in [6, 6.07) is 31.9. The van der Waals surface area contributed by atoms with E-state index in [1.54, 1.807) is 48.5 Å². The molecule has 1 amide bonds. The van der Waals surface area contributed by atoms with Crippen LogP contribution >= 0.6 is 0 Å². The Bertz CT molecular complexity index is 1740. The monoisotopic (exact) mass is 531 g/mol. The number of nitrogens with zero attached hydrogens (tertiary/aromatic N) is 1. The predicted octanol–water partition coefficient (Wildman–Crippen LogP) is 7.01. The molecule has 0 saturated heterocycles. The molecule has 1 N–H and O–H groups in total. The van der Waals surface area contributed by atoms with Crippen molar-refractivity contribution in [1.82, 2.24) is 4.90 Å². The van der Waals surface area contributed by atoms with E-state index in [-0.39, 0.29) is 17.9 Å². The zero-order chi connectivity index (χ0) is 27.6. The average Bonchev–Trinajstić information content (AvgIpc) is 3.53. The van der Waals surface area contributed by atoms with Crippen molar-refractivity contribution in [3.8, 4) is 17.2 Å². The lowest BCUT2D eigenvalue weighted by Crippen LogP contribution is -2.30. The van der Waals surface area contributed by atoms with E-state index in [1.807, 2.05) is 60.7 Å². The van der Waals surface area contributed by atoms with Crippen LogP contribution in [-0.4, -0.2) is 28.8 Å². The van der Waals surface area contributed by atoms with E-state index in [0.29, 0.717) is 33.8 Å². The highest BCUT2D eigenvalue weighted by atomic mass is 16.5. The number of ether oxygens (including phenoxy) is 2. The second-order valence-electron chi connectivity index (χ2n) is 9.39. The standard InChI is InChI=1S/C33H25NO6/c1-38-26-17-9-13-23-19-27(40-32(23)26)30(35)28-29(34(33(37)31(28)36)20-21-10-4-2-5-11-21)22-12-8-16-25(18-22)39-24-14-6-3-7-15-24/h2-19,29,36H,20H2,1H3. The van der Waals surface area contributed by atoms with Gasteiger partial charge in [0.15, 0.2) is 22.9 Å². The van der Waals surface area contributed by atoms with Gasteiger partial charge < -0.3 is 23.9 Å². The van der Waals surface area contributed by atoms with Crippen LogP contribution in [0.15, 0.2) is 125 Å². The number of carbonyl (C=O) groups is 2. The first-order valence-corrected chi connectivity index (χ1v) is 12.8. The Labute approximate surface area is 230 Å². The van der Waals surface area contributed by atoms with Gasteiger partial charge in [0.1, 0.15) is 11.5 Å². The average molecular weight is 532 g/mol. The van der Waals surface area contributed by atoms with E-state index in [9.17, 15) is 14.7 Å². The van der Waals surface area contributed by atoms with Crippen LogP contribution in [0, 0.1) is 0 Å². The number of methoxy groups -OCH3 is 1. The van der Waals surface area contributed by atoms with Crippen LogP contribution in [0.2, 0.25) is 0 Å². The number of aliphatic hydroxyl groups is 1. The molecule has 0 spiro atoms. The van der Waals surface area contributed by atoms with Gasteiger partial charge in [0.05, 0.1) is 18.7 Å². The summed E-state index contributed by atoms with van der Waals surface area (Å²) < 4.78 is 17.3. The molecule has 1 unspecified atom stereocenters. The number of para-hydroxylation sites is 2. The van der Waals surface area contributed by atoms with Gasteiger partial charge in [-0.05, 0) is 47.5 Å². The lowest BCUT2D eigenvalue weighted by Gasteiger charge is -2.27. The number of carbonyl (C=O) groups excluding carboxylic acids is 2. The van der Waals surface area contributed by atoms with Gasteiger partial charge in [-0.1, -0.05) is 72.8 Å². The molecule has 0 aliphatic carbocycles. The molecule has 0 fully saturated rings. The number of fused-ring (bicyclic) bond motifs is 1. The number of Topliss-reactive ketones (excluding diaryl/α,β-unsaturated/α-hetero) is 1. The molecule has 198 valence electrons. The van der Waals surface area contributed by atoms with E-state index in [4.69, 9.17) is 13.9 Å². The van der Waals surface area contributed by atoms with E-state index in [2.05, 4.69) is 0 Å². The van der Waals surface area contributed by atoms with Gasteiger partial charge in [-0.3, -0.25) is 9.59 Å². The Morgan fingerprint density at radius 2 is 1.57 bits per heavy atom. The smallest absolute Gasteiger partial charge is 0.290 e. The summed E-state index contributed by atoms with van der Waals surface area (Å²) in [6.07, 6.45) is 0. The molecular formula is C33H25NO6. The number of rotatable bonds is 8. The third-order valence-electron chi connectivity index (χ3n) is 6.85. The Morgan fingerprint density at radius 1 is 0.875 bits per heavy atom. The summed E-state index contributed by atoms with van der Waals surface area (Å²) in [5.74, 6) is -0.175. The van der Waals surface area contributed by atoms with Gasteiger partial charge in [-0.25, -0.2) is 0 Å². The van der Waals surface area contributed by atoms with E-state index >= 15 is 0 Å². The molecule has 6 rings (SSSR count). The van der Waals surface area contributed by atoms with Crippen LogP contribution in [0.1, 0.15) is 27.7 Å². The van der Waals surface area contributed by atoms with Gasteiger partial charge in [0.2, 0.25) is 5.78 Å². The number of benzene rings is 4. The van der Waals surface area contributed by atoms with E-state index < -0.39 is 23.5 Å². The van der Waals surface area contributed by atoms with E-state index in [1.165, 1.54) is 12.0 Å². The molecule has 7 nitrogen and oxygen atoms in total. The molecule has 1 atom stereocenters. The van der Waals surface area contributed by atoms with Crippen LogP contribution in [-0.2, 0) is 11.3 Å². The minimum atomic E-state index is -0.880. The van der Waals surface area contributed by atoms with Crippen LogP contribution < -0.4 is 9.47 Å². The minimum absolute atomic E-state index is 0.00268. The van der Waals surface area contributed by atoms with Gasteiger partial charge in [-0.15, -0.1) is 0 Å². The normalized spacial score (nSPS) is 15.1. The molecule has 2 heterocycles. The highest BCUT2D eigenvalue weighted by Crippen LogP contribution is 2.42. The van der Waals surface area contributed by atoms with Crippen molar-refractivity contribution in [3.63, 3.8) is 0 Å². The fourth-order valence-electron chi connectivity index (χ4n) is 4.99. The number of ketones is 1. The first kappa shape index (κ1) is 25.0. The maximum Gasteiger partial charge on any atom is 0.290 e. The van der Waals surface area contributed by atoms with Gasteiger partial charge in [0.25, 0.3) is 5.91 Å². The van der Waals surface area contributed by atoms with Gasteiger partial charge in [-0.2, -0.15) is 0 Å². The number of hydrogen-bond donors (Lipinski definition) is 1. The summed E-state index contributed by atoms with van der Waals surface area (Å²) in [5, 5.41) is 11.8. The largest absolute Gasteiger partial charge is 0.503 e. The highest BCUT2D eigenvalue weighted by molar-refractivity contribution is 6.16. The van der Waals surface area contributed by atoms with Crippen LogP contribution in [0.4, 0.5) is 0 Å². The van der Waals surface area contributed by atoms with Crippen molar-refractivity contribution in [2.75, 3.05) is 7.11 Å². The molecule has 1 aliphatic heterocycles. The maximum atomic E-state index is 14.0.